The summed E-state index contributed by atoms with van der Waals surface area (Å²) in [6, 6.07) is 9.49. The molecule has 1 amide bonds. The van der Waals surface area contributed by atoms with Crippen LogP contribution in [0.1, 0.15) is 50.1 Å². The summed E-state index contributed by atoms with van der Waals surface area (Å²) in [5.74, 6) is -0.220. The van der Waals surface area contributed by atoms with Crippen LogP contribution in [0.4, 0.5) is 5.82 Å². The van der Waals surface area contributed by atoms with Gasteiger partial charge in [0.15, 0.2) is 0 Å². The lowest BCUT2D eigenvalue weighted by molar-refractivity contribution is -0.124. The second-order valence-corrected chi connectivity index (χ2v) is 9.65. The molecule has 2 atom stereocenters. The molecule has 1 fully saturated rings. The fourth-order valence-corrected chi connectivity index (χ4v) is 5.33. The molecule has 150 valence electrons. The monoisotopic (exact) mass is 407 g/mol. The van der Waals surface area contributed by atoms with E-state index >= 15 is 0 Å². The van der Waals surface area contributed by atoms with Gasteiger partial charge in [-0.25, -0.2) is 4.98 Å². The van der Waals surface area contributed by atoms with E-state index in [1.54, 1.807) is 17.4 Å². The lowest BCUT2D eigenvalue weighted by Gasteiger charge is -2.40. The third-order valence-corrected chi connectivity index (χ3v) is 6.54. The largest absolute Gasteiger partial charge is 0.307 e. The summed E-state index contributed by atoms with van der Waals surface area (Å²) in [5, 5.41) is 4.91. The summed E-state index contributed by atoms with van der Waals surface area (Å²) in [7, 11) is 0. The Morgan fingerprint density at radius 1 is 1.14 bits per heavy atom. The van der Waals surface area contributed by atoms with Crippen molar-refractivity contribution in [3.63, 3.8) is 0 Å². The Balaban J connectivity index is 1.78. The third kappa shape index (κ3) is 3.81. The zero-order valence-electron chi connectivity index (χ0n) is 17.2. The van der Waals surface area contributed by atoms with E-state index in [0.717, 1.165) is 22.7 Å². The highest BCUT2D eigenvalue weighted by atomic mass is 32.1. The number of nitrogens with one attached hydrogen (secondary N) is 1. The molecular formula is C23H25N3O2S. The highest BCUT2D eigenvalue weighted by Gasteiger charge is 2.47. The first-order valence-corrected chi connectivity index (χ1v) is 10.7. The number of aliphatic imine (C=N–C) groups is 1. The fourth-order valence-electron chi connectivity index (χ4n) is 4.46. The number of aromatic nitrogens is 1. The summed E-state index contributed by atoms with van der Waals surface area (Å²) >= 11 is 1.58. The molecule has 2 aliphatic rings. The fraction of sp³-hybridized carbons (Fsp3) is 0.391. The first-order valence-electron chi connectivity index (χ1n) is 9.84. The van der Waals surface area contributed by atoms with Crippen molar-refractivity contribution in [3.8, 4) is 0 Å². The number of carbonyl (C=O) groups excluding carboxylic acids is 2. The lowest BCUT2D eigenvalue weighted by atomic mass is 9.64. The maximum absolute atomic E-state index is 13.3. The number of Topliss-reactive ketones (excluding diaryl/α,β-unsaturated/α-hetero) is 1. The van der Waals surface area contributed by atoms with Crippen molar-refractivity contribution in [2.24, 2.45) is 16.3 Å². The van der Waals surface area contributed by atoms with Crippen molar-refractivity contribution in [1.29, 1.82) is 0 Å². The minimum Gasteiger partial charge on any atom is -0.307 e. The molecule has 1 saturated carbocycles. The van der Waals surface area contributed by atoms with Crippen molar-refractivity contribution in [1.82, 2.24) is 4.98 Å². The summed E-state index contributed by atoms with van der Waals surface area (Å²) < 4.78 is 0. The summed E-state index contributed by atoms with van der Waals surface area (Å²) in [4.78, 5) is 36.7. The number of ketones is 1. The van der Waals surface area contributed by atoms with E-state index in [1.807, 2.05) is 43.5 Å². The number of carbonyl (C=O) groups is 2. The molecule has 0 unspecified atom stereocenters. The van der Waals surface area contributed by atoms with Crippen LogP contribution in [0.3, 0.4) is 0 Å². The van der Waals surface area contributed by atoms with E-state index in [9.17, 15) is 9.59 Å². The number of pyridine rings is 1. The van der Waals surface area contributed by atoms with Gasteiger partial charge in [0, 0.05) is 39.9 Å². The topological polar surface area (TPSA) is 71.4 Å². The van der Waals surface area contributed by atoms with Gasteiger partial charge in [0.1, 0.15) is 11.6 Å². The SMILES string of the molecule is CC1=C(C(=O)Nc2cccc(C)n2)[C@H](c2cccs2)[C@@H]2C(=O)CC(C)(C)CC2=N1. The van der Waals surface area contributed by atoms with Crippen LogP contribution in [0.15, 0.2) is 52.0 Å². The Kier molecular flexibility index (Phi) is 4.99. The molecule has 2 aromatic heterocycles. The predicted molar refractivity (Wildman–Crippen MR) is 116 cm³/mol. The van der Waals surface area contributed by atoms with Gasteiger partial charge < -0.3 is 5.32 Å². The van der Waals surface area contributed by atoms with Crippen LogP contribution < -0.4 is 5.32 Å². The van der Waals surface area contributed by atoms with Crippen molar-refractivity contribution in [3.05, 3.63) is 57.6 Å². The Morgan fingerprint density at radius 3 is 2.62 bits per heavy atom. The van der Waals surface area contributed by atoms with Crippen LogP contribution in [-0.2, 0) is 9.59 Å². The Morgan fingerprint density at radius 2 is 1.93 bits per heavy atom. The molecule has 0 radical (unpaired) electrons. The molecule has 1 aliphatic carbocycles. The number of rotatable bonds is 3. The van der Waals surface area contributed by atoms with Gasteiger partial charge in [0.05, 0.1) is 5.92 Å². The minimum absolute atomic E-state index is 0.0993. The smallest absolute Gasteiger partial charge is 0.255 e. The van der Waals surface area contributed by atoms with Crippen LogP contribution in [0.2, 0.25) is 0 Å². The molecule has 5 nitrogen and oxygen atoms in total. The maximum Gasteiger partial charge on any atom is 0.255 e. The van der Waals surface area contributed by atoms with Gasteiger partial charge in [-0.15, -0.1) is 11.3 Å². The zero-order chi connectivity index (χ0) is 20.8. The molecule has 29 heavy (non-hydrogen) atoms. The number of nitrogens with zero attached hydrogens (tertiary/aromatic N) is 2. The zero-order valence-corrected chi connectivity index (χ0v) is 18.0. The highest BCUT2D eigenvalue weighted by molar-refractivity contribution is 7.10. The second kappa shape index (κ2) is 7.34. The summed E-state index contributed by atoms with van der Waals surface area (Å²) in [5.41, 5.74) is 2.89. The first-order chi connectivity index (χ1) is 13.7. The minimum atomic E-state index is -0.364. The van der Waals surface area contributed by atoms with Crippen molar-refractivity contribution < 1.29 is 9.59 Å². The molecule has 0 spiro atoms. The molecule has 0 saturated heterocycles. The average molecular weight is 408 g/mol. The molecule has 6 heteroatoms. The van der Waals surface area contributed by atoms with E-state index in [-0.39, 0.29) is 28.9 Å². The van der Waals surface area contributed by atoms with Gasteiger partial charge >= 0.3 is 0 Å². The molecule has 0 bridgehead atoms. The van der Waals surface area contributed by atoms with Crippen LogP contribution >= 0.6 is 11.3 Å². The molecule has 0 aromatic carbocycles. The average Bonchev–Trinajstić information content (AvgIpc) is 3.13. The number of fused-ring (bicyclic) bond motifs is 1. The highest BCUT2D eigenvalue weighted by Crippen LogP contribution is 2.47. The van der Waals surface area contributed by atoms with Crippen LogP contribution in [-0.4, -0.2) is 22.4 Å². The molecule has 3 heterocycles. The van der Waals surface area contributed by atoms with Crippen LogP contribution in [0.25, 0.3) is 0 Å². The molecule has 1 N–H and O–H groups in total. The van der Waals surface area contributed by atoms with E-state index < -0.39 is 0 Å². The second-order valence-electron chi connectivity index (χ2n) is 8.68. The normalized spacial score (nSPS) is 23.4. The van der Waals surface area contributed by atoms with Gasteiger partial charge in [0.25, 0.3) is 5.91 Å². The molecule has 1 aliphatic heterocycles. The van der Waals surface area contributed by atoms with E-state index in [0.29, 0.717) is 23.5 Å². The van der Waals surface area contributed by atoms with Gasteiger partial charge in [-0.3, -0.25) is 14.6 Å². The van der Waals surface area contributed by atoms with Gasteiger partial charge in [-0.1, -0.05) is 26.0 Å². The standard InChI is InChI=1S/C23H25N3O2S/c1-13-7-5-9-18(24-13)26-22(28)19-14(2)25-15-11-23(3,4)12-16(27)20(15)21(19)17-8-6-10-29-17/h5-10,20-21H,11-12H2,1-4H3,(H,24,26,28)/t20-,21-/m0/s1. The first kappa shape index (κ1) is 19.7. The molecule has 2 aromatic rings. The van der Waals surface area contributed by atoms with Gasteiger partial charge in [-0.2, -0.15) is 0 Å². The van der Waals surface area contributed by atoms with E-state index in [1.165, 1.54) is 0 Å². The number of amides is 1. The van der Waals surface area contributed by atoms with Crippen molar-refractivity contribution >= 4 is 34.6 Å². The quantitative estimate of drug-likeness (QED) is 0.786. The maximum atomic E-state index is 13.3. The Labute approximate surface area is 175 Å². The molecule has 4 rings (SSSR count). The number of allylic oxidation sites excluding steroid dienone is 1. The Bertz CT molecular complexity index is 1030. The number of hydrogen-bond donors (Lipinski definition) is 1. The number of thiophene rings is 1. The van der Waals surface area contributed by atoms with Gasteiger partial charge in [-0.05, 0) is 49.3 Å². The summed E-state index contributed by atoms with van der Waals surface area (Å²) in [6.07, 6.45) is 1.28. The number of aryl methyl sites for hydroxylation is 1. The molecular weight excluding hydrogens is 382 g/mol. The van der Waals surface area contributed by atoms with Crippen molar-refractivity contribution in [2.75, 3.05) is 5.32 Å². The predicted octanol–water partition coefficient (Wildman–Crippen LogP) is 4.91. The van der Waals surface area contributed by atoms with E-state index in [2.05, 4.69) is 24.1 Å². The van der Waals surface area contributed by atoms with E-state index in [4.69, 9.17) is 4.99 Å². The van der Waals surface area contributed by atoms with Crippen LogP contribution in [0.5, 0.6) is 0 Å². The van der Waals surface area contributed by atoms with Crippen molar-refractivity contribution in [2.45, 2.75) is 46.5 Å². The number of hydrogen-bond acceptors (Lipinski definition) is 5. The summed E-state index contributed by atoms with van der Waals surface area (Å²) in [6.45, 7) is 7.96. The lowest BCUT2D eigenvalue weighted by Crippen LogP contribution is -2.44. The number of anilines is 1. The Hall–Kier alpha value is -2.60. The van der Waals surface area contributed by atoms with Gasteiger partial charge in [0.2, 0.25) is 0 Å². The van der Waals surface area contributed by atoms with Crippen LogP contribution in [0, 0.1) is 18.3 Å². The third-order valence-electron chi connectivity index (χ3n) is 5.59.